The molecule has 0 spiro atoms. The van der Waals surface area contributed by atoms with Gasteiger partial charge in [0, 0.05) is 30.2 Å². The topological polar surface area (TPSA) is 78.5 Å². The van der Waals surface area contributed by atoms with E-state index in [4.69, 9.17) is 23.2 Å². The second kappa shape index (κ2) is 11.5. The van der Waals surface area contributed by atoms with Crippen LogP contribution in [-0.2, 0) is 16.1 Å². The number of halogens is 2. The maximum atomic E-state index is 13.1. The highest BCUT2D eigenvalue weighted by Crippen LogP contribution is 2.22. The van der Waals surface area contributed by atoms with Crippen molar-refractivity contribution in [3.8, 4) is 0 Å². The van der Waals surface area contributed by atoms with Gasteiger partial charge in [0.05, 0.1) is 10.6 Å². The number of rotatable bonds is 8. The monoisotopic (exact) mass is 489 g/mol. The molecular weight excluding hydrogens is 461 g/mol. The van der Waals surface area contributed by atoms with Crippen LogP contribution in [0.25, 0.3) is 0 Å². The first-order chi connectivity index (χ1) is 15.7. The average molecular weight is 490 g/mol. The fourth-order valence-corrected chi connectivity index (χ4v) is 4.33. The summed E-state index contributed by atoms with van der Waals surface area (Å²) in [4.78, 5) is 39.8. The number of hydrogen-bond donors (Lipinski definition) is 2. The van der Waals surface area contributed by atoms with Crippen molar-refractivity contribution < 1.29 is 14.4 Å². The minimum absolute atomic E-state index is 0.163. The molecule has 6 nitrogen and oxygen atoms in total. The van der Waals surface area contributed by atoms with Crippen molar-refractivity contribution in [1.29, 1.82) is 0 Å². The Labute approximate surface area is 204 Å². The van der Waals surface area contributed by atoms with Gasteiger partial charge in [-0.2, -0.15) is 0 Å². The van der Waals surface area contributed by atoms with Crippen LogP contribution < -0.4 is 10.6 Å². The van der Waals surface area contributed by atoms with E-state index in [1.165, 1.54) is 12.1 Å². The largest absolute Gasteiger partial charge is 0.340 e. The smallest absolute Gasteiger partial charge is 0.253 e. The Morgan fingerprint density at radius 3 is 2.58 bits per heavy atom. The van der Waals surface area contributed by atoms with Crippen molar-refractivity contribution in [2.45, 2.75) is 52.1 Å². The van der Waals surface area contributed by atoms with Crippen LogP contribution in [0.3, 0.4) is 0 Å². The van der Waals surface area contributed by atoms with Crippen molar-refractivity contribution >= 4 is 46.6 Å². The van der Waals surface area contributed by atoms with Gasteiger partial charge in [0.1, 0.15) is 6.04 Å². The van der Waals surface area contributed by atoms with Crippen LogP contribution in [0.4, 0.5) is 5.69 Å². The summed E-state index contributed by atoms with van der Waals surface area (Å²) in [6.07, 6.45) is 3.00. The predicted molar refractivity (Wildman–Crippen MR) is 132 cm³/mol. The molecule has 1 unspecified atom stereocenters. The third-order valence-corrected chi connectivity index (χ3v) is 6.04. The highest BCUT2D eigenvalue weighted by Gasteiger charge is 2.24. The Morgan fingerprint density at radius 1 is 1.09 bits per heavy atom. The van der Waals surface area contributed by atoms with Crippen molar-refractivity contribution in [2.24, 2.45) is 5.92 Å². The molecule has 1 aliphatic heterocycles. The maximum Gasteiger partial charge on any atom is 0.253 e. The molecule has 3 rings (SSSR count). The fraction of sp³-hybridized carbons (Fsp3) is 0.400. The van der Waals surface area contributed by atoms with Gasteiger partial charge in [0.15, 0.2) is 0 Å². The lowest BCUT2D eigenvalue weighted by Gasteiger charge is -2.27. The minimum Gasteiger partial charge on any atom is -0.340 e. The molecule has 0 saturated carbocycles. The predicted octanol–water partition coefficient (Wildman–Crippen LogP) is 5.29. The van der Waals surface area contributed by atoms with Gasteiger partial charge in [0.2, 0.25) is 11.8 Å². The van der Waals surface area contributed by atoms with Crippen LogP contribution in [0.2, 0.25) is 10.0 Å². The van der Waals surface area contributed by atoms with E-state index in [1.807, 2.05) is 36.9 Å². The Kier molecular flexibility index (Phi) is 8.75. The number of amides is 3. The van der Waals surface area contributed by atoms with Gasteiger partial charge >= 0.3 is 0 Å². The molecule has 1 heterocycles. The first-order valence-electron chi connectivity index (χ1n) is 11.2. The molecule has 0 radical (unpaired) electrons. The van der Waals surface area contributed by atoms with Crippen LogP contribution in [0.5, 0.6) is 0 Å². The Hall–Kier alpha value is -2.57. The van der Waals surface area contributed by atoms with Crippen molar-refractivity contribution in [1.82, 2.24) is 10.2 Å². The zero-order chi connectivity index (χ0) is 24.0. The summed E-state index contributed by atoms with van der Waals surface area (Å²) in [6, 6.07) is 11.3. The molecule has 0 bridgehead atoms. The Bertz CT molecular complexity index is 1030. The lowest BCUT2D eigenvalue weighted by Crippen LogP contribution is -2.44. The third kappa shape index (κ3) is 7.21. The average Bonchev–Trinajstić information content (AvgIpc) is 2.74. The molecule has 1 aliphatic rings. The van der Waals surface area contributed by atoms with Gasteiger partial charge in [-0.25, -0.2) is 0 Å². The number of carbonyl (C=O) groups is 3. The summed E-state index contributed by atoms with van der Waals surface area (Å²) >= 11 is 12.1. The lowest BCUT2D eigenvalue weighted by atomic mass is 10.0. The molecule has 33 heavy (non-hydrogen) atoms. The normalized spacial score (nSPS) is 14.8. The number of hydrogen-bond acceptors (Lipinski definition) is 3. The molecular formula is C25H29Cl2N3O3. The van der Waals surface area contributed by atoms with Gasteiger partial charge in [0.25, 0.3) is 5.91 Å². The minimum atomic E-state index is -0.739. The second-order valence-electron chi connectivity index (χ2n) is 8.74. The fourth-order valence-electron chi connectivity index (χ4n) is 3.84. The highest BCUT2D eigenvalue weighted by atomic mass is 35.5. The Morgan fingerprint density at radius 2 is 1.88 bits per heavy atom. The second-order valence-corrected chi connectivity index (χ2v) is 9.59. The van der Waals surface area contributed by atoms with Gasteiger partial charge in [-0.3, -0.25) is 14.4 Å². The number of likely N-dealkylation sites (tertiary alicyclic amines) is 1. The lowest BCUT2D eigenvalue weighted by molar-refractivity contribution is -0.133. The summed E-state index contributed by atoms with van der Waals surface area (Å²) in [6.45, 7) is 5.24. The summed E-state index contributed by atoms with van der Waals surface area (Å²) < 4.78 is 0. The summed E-state index contributed by atoms with van der Waals surface area (Å²) in [5.41, 5.74) is 1.82. The molecule has 1 saturated heterocycles. The van der Waals surface area contributed by atoms with Crippen LogP contribution in [0, 0.1) is 5.92 Å². The molecule has 1 atom stereocenters. The maximum absolute atomic E-state index is 13.1. The molecule has 2 N–H and O–H groups in total. The molecule has 176 valence electrons. The van der Waals surface area contributed by atoms with Crippen LogP contribution in [0.1, 0.15) is 55.5 Å². The van der Waals surface area contributed by atoms with E-state index in [0.29, 0.717) is 30.1 Å². The number of nitrogens with one attached hydrogen (secondary N) is 2. The summed E-state index contributed by atoms with van der Waals surface area (Å²) in [5, 5.41) is 6.36. The molecule has 8 heteroatoms. The van der Waals surface area contributed by atoms with Crippen LogP contribution >= 0.6 is 23.2 Å². The summed E-state index contributed by atoms with van der Waals surface area (Å²) in [7, 11) is 0. The highest BCUT2D eigenvalue weighted by molar-refractivity contribution is 6.36. The van der Waals surface area contributed by atoms with E-state index in [0.717, 1.165) is 24.9 Å². The van der Waals surface area contributed by atoms with Gasteiger partial charge in [-0.15, -0.1) is 0 Å². The number of piperidine rings is 1. The molecule has 3 amide bonds. The number of nitrogens with zero attached hydrogens (tertiary/aromatic N) is 1. The molecule has 2 aromatic rings. The SMILES string of the molecule is CC(C)CC(NC(=O)c1ccc(Cl)cc1Cl)C(=O)Nc1cccc(CN2CCCCC2=O)c1. The van der Waals surface area contributed by atoms with E-state index in [-0.39, 0.29) is 28.3 Å². The van der Waals surface area contributed by atoms with E-state index in [2.05, 4.69) is 10.6 Å². The van der Waals surface area contributed by atoms with Crippen molar-refractivity contribution in [3.05, 3.63) is 63.6 Å². The molecule has 0 aromatic heterocycles. The van der Waals surface area contributed by atoms with Crippen molar-refractivity contribution in [2.75, 3.05) is 11.9 Å². The Balaban J connectivity index is 1.69. The number of benzene rings is 2. The standard InChI is InChI=1S/C25H29Cl2N3O3/c1-16(2)12-22(29-24(32)20-10-9-18(26)14-21(20)27)25(33)28-19-7-5-6-17(13-19)15-30-11-4-3-8-23(30)31/h5-7,9-10,13-14,16,22H,3-4,8,11-12,15H2,1-2H3,(H,28,33)(H,29,32). The van der Waals surface area contributed by atoms with Crippen LogP contribution in [-0.4, -0.2) is 35.2 Å². The van der Waals surface area contributed by atoms with Crippen molar-refractivity contribution in [3.63, 3.8) is 0 Å². The van der Waals surface area contributed by atoms with Gasteiger partial charge in [-0.05, 0) is 61.1 Å². The van der Waals surface area contributed by atoms with E-state index in [1.54, 1.807) is 12.1 Å². The van der Waals surface area contributed by atoms with Crippen LogP contribution in [0.15, 0.2) is 42.5 Å². The molecule has 1 fully saturated rings. The number of anilines is 1. The number of carbonyl (C=O) groups excluding carboxylic acids is 3. The van der Waals surface area contributed by atoms with Gasteiger partial charge < -0.3 is 15.5 Å². The molecule has 2 aromatic carbocycles. The van der Waals surface area contributed by atoms with E-state index in [9.17, 15) is 14.4 Å². The third-order valence-electron chi connectivity index (χ3n) is 5.49. The molecule has 0 aliphatic carbocycles. The first kappa shape index (κ1) is 25.1. The quantitative estimate of drug-likeness (QED) is 0.528. The van der Waals surface area contributed by atoms with E-state index >= 15 is 0 Å². The van der Waals surface area contributed by atoms with E-state index < -0.39 is 11.9 Å². The first-order valence-corrected chi connectivity index (χ1v) is 11.9. The zero-order valence-corrected chi connectivity index (χ0v) is 20.4. The zero-order valence-electron chi connectivity index (χ0n) is 18.9. The van der Waals surface area contributed by atoms with Gasteiger partial charge in [-0.1, -0.05) is 49.2 Å². The summed E-state index contributed by atoms with van der Waals surface area (Å²) in [5.74, 6) is -0.405.